The van der Waals surface area contributed by atoms with Crippen LogP contribution in [0.2, 0.25) is 0 Å². The number of rotatable bonds is 4. The fourth-order valence-electron chi connectivity index (χ4n) is 1.86. The third-order valence-corrected chi connectivity index (χ3v) is 4.80. The van der Waals surface area contributed by atoms with E-state index in [2.05, 4.69) is 0 Å². The topological polar surface area (TPSA) is 63.4 Å². The summed E-state index contributed by atoms with van der Waals surface area (Å²) < 4.78 is 26.2. The van der Waals surface area contributed by atoms with Gasteiger partial charge in [0.2, 0.25) is 10.0 Å². The molecule has 5 heteroatoms. The molecule has 1 rings (SSSR count). The lowest BCUT2D eigenvalue weighted by Crippen LogP contribution is -2.37. The number of nitrogens with zero attached hydrogens (tertiary/aromatic N) is 1. The summed E-state index contributed by atoms with van der Waals surface area (Å²) in [6.07, 6.45) is 0. The molecular formula is C13H22N2O2S. The lowest BCUT2D eigenvalue weighted by molar-refractivity contribution is 0.461. The van der Waals surface area contributed by atoms with Crippen molar-refractivity contribution in [2.45, 2.75) is 27.7 Å². The minimum atomic E-state index is -3.35. The Morgan fingerprint density at radius 2 is 1.78 bits per heavy atom. The van der Waals surface area contributed by atoms with Gasteiger partial charge in [-0.05, 0) is 24.5 Å². The van der Waals surface area contributed by atoms with Gasteiger partial charge in [-0.1, -0.05) is 32.9 Å². The number of para-hydroxylation sites is 2. The Hall–Kier alpha value is -1.23. The van der Waals surface area contributed by atoms with E-state index in [4.69, 9.17) is 5.73 Å². The van der Waals surface area contributed by atoms with Crippen molar-refractivity contribution in [2.24, 2.45) is 5.41 Å². The van der Waals surface area contributed by atoms with Gasteiger partial charge in [-0.3, -0.25) is 4.31 Å². The Balaban J connectivity index is 3.16. The maximum Gasteiger partial charge on any atom is 0.235 e. The summed E-state index contributed by atoms with van der Waals surface area (Å²) in [5.74, 6) is 0.0994. The van der Waals surface area contributed by atoms with Crippen molar-refractivity contribution in [3.8, 4) is 0 Å². The maximum absolute atomic E-state index is 12.4. The third-order valence-electron chi connectivity index (χ3n) is 2.44. The van der Waals surface area contributed by atoms with E-state index < -0.39 is 10.0 Å². The van der Waals surface area contributed by atoms with Crippen LogP contribution in [0.4, 0.5) is 11.4 Å². The summed E-state index contributed by atoms with van der Waals surface area (Å²) in [6.45, 7) is 7.92. The van der Waals surface area contributed by atoms with E-state index in [0.717, 1.165) is 0 Å². The van der Waals surface area contributed by atoms with Gasteiger partial charge in [0.05, 0.1) is 17.1 Å². The zero-order chi connectivity index (χ0) is 14.0. The summed E-state index contributed by atoms with van der Waals surface area (Å²) in [4.78, 5) is 0. The average molecular weight is 270 g/mol. The van der Waals surface area contributed by atoms with E-state index >= 15 is 0 Å². The van der Waals surface area contributed by atoms with Gasteiger partial charge < -0.3 is 5.73 Å². The number of nitrogen functional groups attached to an aromatic ring is 1. The van der Waals surface area contributed by atoms with E-state index in [1.54, 1.807) is 24.3 Å². The predicted octanol–water partition coefficient (Wildman–Crippen LogP) is 2.47. The number of benzene rings is 1. The summed E-state index contributed by atoms with van der Waals surface area (Å²) in [6, 6.07) is 7.04. The van der Waals surface area contributed by atoms with Crippen molar-refractivity contribution >= 4 is 21.4 Å². The van der Waals surface area contributed by atoms with Gasteiger partial charge >= 0.3 is 0 Å². The Kier molecular flexibility index (Phi) is 4.27. The molecule has 0 aliphatic rings. The van der Waals surface area contributed by atoms with E-state index in [1.165, 1.54) is 4.31 Å². The standard InChI is InChI=1S/C13H22N2O2S/c1-5-15(12-9-7-6-8-11(12)14)18(16,17)10-13(2,3)4/h6-9H,5,10,14H2,1-4H3. The second kappa shape index (κ2) is 5.18. The van der Waals surface area contributed by atoms with Gasteiger partial charge in [0.1, 0.15) is 0 Å². The van der Waals surface area contributed by atoms with Crippen LogP contribution in [-0.4, -0.2) is 20.7 Å². The molecule has 1 aromatic carbocycles. The van der Waals surface area contributed by atoms with Crippen LogP contribution in [0.5, 0.6) is 0 Å². The van der Waals surface area contributed by atoms with Crippen LogP contribution in [0.15, 0.2) is 24.3 Å². The lowest BCUT2D eigenvalue weighted by Gasteiger charge is -2.28. The SMILES string of the molecule is CCN(c1ccccc1N)S(=O)(=O)CC(C)(C)C. The number of hydrogen-bond donors (Lipinski definition) is 1. The molecule has 0 amide bonds. The fraction of sp³-hybridized carbons (Fsp3) is 0.538. The first kappa shape index (κ1) is 14.8. The fourth-order valence-corrected chi connectivity index (χ4v) is 3.97. The molecule has 0 atom stereocenters. The molecule has 0 spiro atoms. The number of sulfonamides is 1. The Morgan fingerprint density at radius 3 is 2.22 bits per heavy atom. The molecule has 0 radical (unpaired) electrons. The molecule has 102 valence electrons. The second-order valence-corrected chi connectivity index (χ2v) is 7.43. The Labute approximate surface area is 110 Å². The molecule has 0 saturated carbocycles. The van der Waals surface area contributed by atoms with Crippen molar-refractivity contribution in [3.05, 3.63) is 24.3 Å². The number of anilines is 2. The maximum atomic E-state index is 12.4. The quantitative estimate of drug-likeness (QED) is 0.855. The molecule has 4 nitrogen and oxygen atoms in total. The van der Waals surface area contributed by atoms with E-state index in [-0.39, 0.29) is 11.2 Å². The molecular weight excluding hydrogens is 248 g/mol. The van der Waals surface area contributed by atoms with Crippen molar-refractivity contribution in [1.82, 2.24) is 0 Å². The molecule has 2 N–H and O–H groups in total. The zero-order valence-corrected chi connectivity index (χ0v) is 12.3. The van der Waals surface area contributed by atoms with Crippen molar-refractivity contribution in [2.75, 3.05) is 22.3 Å². The van der Waals surface area contributed by atoms with Crippen molar-refractivity contribution < 1.29 is 8.42 Å². The molecule has 0 bridgehead atoms. The summed E-state index contributed by atoms with van der Waals surface area (Å²) in [7, 11) is -3.35. The molecule has 1 aromatic rings. The first-order valence-corrected chi connectivity index (χ1v) is 7.63. The molecule has 0 unspecified atom stereocenters. The minimum absolute atomic E-state index is 0.0994. The molecule has 0 fully saturated rings. The van der Waals surface area contributed by atoms with Crippen LogP contribution < -0.4 is 10.0 Å². The van der Waals surface area contributed by atoms with E-state index in [0.29, 0.717) is 17.9 Å². The monoisotopic (exact) mass is 270 g/mol. The highest BCUT2D eigenvalue weighted by Crippen LogP contribution is 2.27. The average Bonchev–Trinajstić information content (AvgIpc) is 2.17. The molecule has 18 heavy (non-hydrogen) atoms. The summed E-state index contributed by atoms with van der Waals surface area (Å²) in [5.41, 5.74) is 6.61. The van der Waals surface area contributed by atoms with Crippen LogP contribution in [0.25, 0.3) is 0 Å². The van der Waals surface area contributed by atoms with Gasteiger partial charge in [-0.25, -0.2) is 8.42 Å². The highest BCUT2D eigenvalue weighted by Gasteiger charge is 2.28. The largest absolute Gasteiger partial charge is 0.397 e. The predicted molar refractivity (Wildman–Crippen MR) is 77.1 cm³/mol. The molecule has 0 saturated heterocycles. The lowest BCUT2D eigenvalue weighted by atomic mass is 10.0. The molecule has 0 aliphatic heterocycles. The van der Waals surface area contributed by atoms with Gasteiger partial charge in [-0.15, -0.1) is 0 Å². The van der Waals surface area contributed by atoms with Crippen molar-refractivity contribution in [3.63, 3.8) is 0 Å². The Bertz CT molecular complexity index is 504. The summed E-state index contributed by atoms with van der Waals surface area (Å²) >= 11 is 0. The second-order valence-electron chi connectivity index (χ2n) is 5.54. The van der Waals surface area contributed by atoms with Gasteiger partial charge in [0.25, 0.3) is 0 Å². The molecule has 0 aromatic heterocycles. The van der Waals surface area contributed by atoms with Crippen LogP contribution in [0.1, 0.15) is 27.7 Å². The first-order valence-electron chi connectivity index (χ1n) is 6.02. The van der Waals surface area contributed by atoms with Crippen LogP contribution >= 0.6 is 0 Å². The smallest absolute Gasteiger partial charge is 0.235 e. The summed E-state index contributed by atoms with van der Waals surface area (Å²) in [5, 5.41) is 0. The van der Waals surface area contributed by atoms with Gasteiger partial charge in [0.15, 0.2) is 0 Å². The van der Waals surface area contributed by atoms with Crippen LogP contribution in [-0.2, 0) is 10.0 Å². The first-order chi connectivity index (χ1) is 8.17. The number of hydrogen-bond acceptors (Lipinski definition) is 3. The van der Waals surface area contributed by atoms with Gasteiger partial charge in [-0.2, -0.15) is 0 Å². The number of nitrogens with two attached hydrogens (primary N) is 1. The third kappa shape index (κ3) is 3.63. The molecule has 0 aliphatic carbocycles. The Morgan fingerprint density at radius 1 is 1.22 bits per heavy atom. The normalized spacial score (nSPS) is 12.4. The van der Waals surface area contributed by atoms with Crippen LogP contribution in [0, 0.1) is 5.41 Å². The highest BCUT2D eigenvalue weighted by molar-refractivity contribution is 7.92. The molecule has 0 heterocycles. The van der Waals surface area contributed by atoms with E-state index in [1.807, 2.05) is 27.7 Å². The highest BCUT2D eigenvalue weighted by atomic mass is 32.2. The van der Waals surface area contributed by atoms with Crippen LogP contribution in [0.3, 0.4) is 0 Å². The zero-order valence-electron chi connectivity index (χ0n) is 11.5. The van der Waals surface area contributed by atoms with Crippen molar-refractivity contribution in [1.29, 1.82) is 0 Å². The minimum Gasteiger partial charge on any atom is -0.397 e. The van der Waals surface area contributed by atoms with E-state index in [9.17, 15) is 8.42 Å². The van der Waals surface area contributed by atoms with Gasteiger partial charge in [0, 0.05) is 6.54 Å².